The molecular weight excluding hydrogens is 278 g/mol. The summed E-state index contributed by atoms with van der Waals surface area (Å²) >= 11 is 1.59. The number of aromatic nitrogens is 1. The van der Waals surface area contributed by atoms with E-state index in [1.807, 2.05) is 17.7 Å². The summed E-state index contributed by atoms with van der Waals surface area (Å²) in [4.78, 5) is 26.0. The first-order valence-electron chi connectivity index (χ1n) is 5.82. The molecule has 0 unspecified atom stereocenters. The topological polar surface area (TPSA) is 91.3 Å². The second kappa shape index (κ2) is 6.16. The largest absolute Gasteiger partial charge is 0.477 e. The molecule has 2 heterocycles. The number of urea groups is 1. The summed E-state index contributed by atoms with van der Waals surface area (Å²) in [5, 5.41) is 18.0. The molecule has 2 amide bonds. The fourth-order valence-electron chi connectivity index (χ4n) is 1.51. The quantitative estimate of drug-likeness (QED) is 0.807. The van der Waals surface area contributed by atoms with E-state index in [2.05, 4.69) is 15.6 Å². The number of aromatic carboxylic acids is 1. The Bertz CT molecular complexity index is 622. The number of anilines is 1. The number of carboxylic acid groups (broad SMARTS) is 1. The fraction of sp³-hybridized carbons (Fsp3) is 0.154. The van der Waals surface area contributed by atoms with Gasteiger partial charge in [-0.1, -0.05) is 0 Å². The molecule has 0 saturated carbocycles. The van der Waals surface area contributed by atoms with Crippen molar-refractivity contribution in [1.29, 1.82) is 0 Å². The van der Waals surface area contributed by atoms with Gasteiger partial charge in [-0.2, -0.15) is 11.3 Å². The Morgan fingerprint density at radius 2 is 2.15 bits per heavy atom. The summed E-state index contributed by atoms with van der Waals surface area (Å²) in [5.41, 5.74) is 2.59. The van der Waals surface area contributed by atoms with Crippen molar-refractivity contribution in [2.45, 2.75) is 13.5 Å². The molecule has 0 fully saturated rings. The number of amides is 2. The molecule has 0 bridgehead atoms. The molecule has 0 aliphatic rings. The minimum atomic E-state index is -1.10. The molecule has 0 radical (unpaired) electrons. The van der Waals surface area contributed by atoms with Crippen LogP contribution in [0, 0.1) is 6.92 Å². The van der Waals surface area contributed by atoms with E-state index >= 15 is 0 Å². The van der Waals surface area contributed by atoms with Crippen molar-refractivity contribution in [3.63, 3.8) is 0 Å². The van der Waals surface area contributed by atoms with Gasteiger partial charge >= 0.3 is 12.0 Å². The molecule has 2 aromatic rings. The van der Waals surface area contributed by atoms with Gasteiger partial charge in [0.1, 0.15) is 5.69 Å². The van der Waals surface area contributed by atoms with E-state index in [4.69, 9.17) is 5.11 Å². The number of nitrogens with one attached hydrogen (secondary N) is 2. The van der Waals surface area contributed by atoms with E-state index in [0.29, 0.717) is 12.2 Å². The Morgan fingerprint density at radius 1 is 1.35 bits per heavy atom. The molecule has 7 heteroatoms. The lowest BCUT2D eigenvalue weighted by atomic mass is 10.2. The highest BCUT2D eigenvalue weighted by Crippen LogP contribution is 2.13. The molecule has 104 valence electrons. The van der Waals surface area contributed by atoms with E-state index in [1.54, 1.807) is 11.3 Å². The standard InChI is InChI=1S/C13H13N3O3S/c1-8-6-20-7-9(8)4-15-13(19)16-10-2-3-11(12(17)18)14-5-10/h2-3,5-7H,4H2,1H3,(H,17,18)(H2,15,16,19). The molecule has 6 nitrogen and oxygen atoms in total. The van der Waals surface area contributed by atoms with Crippen LogP contribution in [-0.4, -0.2) is 22.1 Å². The molecule has 0 aromatic carbocycles. The molecule has 0 atom stereocenters. The van der Waals surface area contributed by atoms with Gasteiger partial charge in [-0.3, -0.25) is 0 Å². The Hall–Kier alpha value is -2.41. The summed E-state index contributed by atoms with van der Waals surface area (Å²) in [6.07, 6.45) is 1.30. The Kier molecular flexibility index (Phi) is 4.31. The normalized spacial score (nSPS) is 10.1. The molecule has 2 rings (SSSR count). The van der Waals surface area contributed by atoms with E-state index in [1.165, 1.54) is 18.3 Å². The van der Waals surface area contributed by atoms with Gasteiger partial charge in [-0.05, 0) is 40.9 Å². The van der Waals surface area contributed by atoms with E-state index in [0.717, 1.165) is 11.1 Å². The minimum absolute atomic E-state index is 0.0649. The lowest BCUT2D eigenvalue weighted by Crippen LogP contribution is -2.28. The van der Waals surface area contributed by atoms with Gasteiger partial charge in [0.15, 0.2) is 0 Å². The molecule has 0 spiro atoms. The maximum Gasteiger partial charge on any atom is 0.354 e. The van der Waals surface area contributed by atoms with Crippen molar-refractivity contribution in [3.8, 4) is 0 Å². The third-order valence-electron chi connectivity index (χ3n) is 2.64. The molecule has 2 aromatic heterocycles. The van der Waals surface area contributed by atoms with Gasteiger partial charge in [0.25, 0.3) is 0 Å². The van der Waals surface area contributed by atoms with Crippen LogP contribution >= 0.6 is 11.3 Å². The van der Waals surface area contributed by atoms with Crippen LogP contribution in [0.15, 0.2) is 29.1 Å². The Labute approximate surface area is 119 Å². The molecular formula is C13H13N3O3S. The van der Waals surface area contributed by atoms with Gasteiger partial charge in [0, 0.05) is 6.54 Å². The van der Waals surface area contributed by atoms with Crippen molar-refractivity contribution in [1.82, 2.24) is 10.3 Å². The SMILES string of the molecule is Cc1cscc1CNC(=O)Nc1ccc(C(=O)O)nc1. The molecule has 3 N–H and O–H groups in total. The fourth-order valence-corrected chi connectivity index (χ4v) is 2.37. The lowest BCUT2D eigenvalue weighted by Gasteiger charge is -2.07. The van der Waals surface area contributed by atoms with Crippen LogP contribution in [0.3, 0.4) is 0 Å². The lowest BCUT2D eigenvalue weighted by molar-refractivity contribution is 0.0690. The third kappa shape index (κ3) is 3.55. The predicted molar refractivity (Wildman–Crippen MR) is 76.1 cm³/mol. The number of carbonyl (C=O) groups excluding carboxylic acids is 1. The number of carbonyl (C=O) groups is 2. The Morgan fingerprint density at radius 3 is 2.70 bits per heavy atom. The molecule has 20 heavy (non-hydrogen) atoms. The zero-order chi connectivity index (χ0) is 14.5. The number of hydrogen-bond acceptors (Lipinski definition) is 4. The smallest absolute Gasteiger partial charge is 0.354 e. The predicted octanol–water partition coefficient (Wildman–Crippen LogP) is 2.47. The first-order chi connectivity index (χ1) is 9.56. The second-order valence-corrected chi connectivity index (χ2v) is 4.87. The van der Waals surface area contributed by atoms with Gasteiger partial charge in [0.2, 0.25) is 0 Å². The van der Waals surface area contributed by atoms with Crippen molar-refractivity contribution in [2.24, 2.45) is 0 Å². The number of rotatable bonds is 4. The number of pyridine rings is 1. The first-order valence-corrected chi connectivity index (χ1v) is 6.76. The molecule has 0 aliphatic carbocycles. The third-order valence-corrected chi connectivity index (χ3v) is 3.55. The van der Waals surface area contributed by atoms with Gasteiger partial charge in [-0.15, -0.1) is 0 Å². The average molecular weight is 291 g/mol. The summed E-state index contributed by atoms with van der Waals surface area (Å²) in [5.74, 6) is -1.10. The maximum atomic E-state index is 11.7. The van der Waals surface area contributed by atoms with Crippen LogP contribution in [0.1, 0.15) is 21.6 Å². The highest BCUT2D eigenvalue weighted by atomic mass is 32.1. The van der Waals surface area contributed by atoms with Crippen LogP contribution < -0.4 is 10.6 Å². The van der Waals surface area contributed by atoms with Gasteiger partial charge in [0.05, 0.1) is 11.9 Å². The highest BCUT2D eigenvalue weighted by Gasteiger charge is 2.06. The van der Waals surface area contributed by atoms with Crippen LogP contribution in [0.25, 0.3) is 0 Å². The Balaban J connectivity index is 1.88. The minimum Gasteiger partial charge on any atom is -0.477 e. The van der Waals surface area contributed by atoms with E-state index in [9.17, 15) is 9.59 Å². The number of nitrogens with zero attached hydrogens (tertiary/aromatic N) is 1. The summed E-state index contributed by atoms with van der Waals surface area (Å²) in [7, 11) is 0. The number of thiophene rings is 1. The van der Waals surface area contributed by atoms with Crippen molar-refractivity contribution in [3.05, 3.63) is 45.9 Å². The van der Waals surface area contributed by atoms with E-state index < -0.39 is 5.97 Å². The van der Waals surface area contributed by atoms with Crippen LogP contribution in [-0.2, 0) is 6.54 Å². The molecule has 0 saturated heterocycles. The maximum absolute atomic E-state index is 11.7. The average Bonchev–Trinajstić information content (AvgIpc) is 2.82. The second-order valence-electron chi connectivity index (χ2n) is 4.12. The van der Waals surface area contributed by atoms with Crippen LogP contribution in [0.4, 0.5) is 10.5 Å². The van der Waals surface area contributed by atoms with Gasteiger partial charge in [-0.25, -0.2) is 14.6 Å². The number of carboxylic acids is 1. The van der Waals surface area contributed by atoms with Crippen LogP contribution in [0.2, 0.25) is 0 Å². The van der Waals surface area contributed by atoms with Gasteiger partial charge < -0.3 is 15.7 Å². The summed E-state index contributed by atoms with van der Waals surface area (Å²) in [6.45, 7) is 2.43. The number of aryl methyl sites for hydroxylation is 1. The molecule has 0 aliphatic heterocycles. The van der Waals surface area contributed by atoms with E-state index in [-0.39, 0.29) is 11.7 Å². The number of hydrogen-bond donors (Lipinski definition) is 3. The summed E-state index contributed by atoms with van der Waals surface area (Å²) < 4.78 is 0. The van der Waals surface area contributed by atoms with Crippen molar-refractivity contribution < 1.29 is 14.7 Å². The first kappa shape index (κ1) is 14.0. The summed E-state index contributed by atoms with van der Waals surface area (Å²) in [6, 6.07) is 2.47. The van der Waals surface area contributed by atoms with Crippen molar-refractivity contribution >= 4 is 29.0 Å². The van der Waals surface area contributed by atoms with Crippen LogP contribution in [0.5, 0.6) is 0 Å². The monoisotopic (exact) mass is 291 g/mol. The zero-order valence-electron chi connectivity index (χ0n) is 10.7. The van der Waals surface area contributed by atoms with Crippen molar-refractivity contribution in [2.75, 3.05) is 5.32 Å². The highest BCUT2D eigenvalue weighted by molar-refractivity contribution is 7.08. The zero-order valence-corrected chi connectivity index (χ0v) is 11.5.